The Kier molecular flexibility index (Phi) is 6.24. The van der Waals surface area contributed by atoms with Crippen molar-refractivity contribution in [3.05, 3.63) is 35.4 Å². The molecule has 0 unspecified atom stereocenters. The van der Waals surface area contributed by atoms with Gasteiger partial charge < -0.3 is 10.1 Å². The molecular weight excluding hydrogens is 262 g/mol. The molecule has 1 fully saturated rings. The lowest BCUT2D eigenvalue weighted by Gasteiger charge is -2.28. The molecule has 0 aromatic heterocycles. The number of esters is 1. The number of rotatable bonds is 6. The minimum atomic E-state index is -0.254. The lowest BCUT2D eigenvalue weighted by molar-refractivity contribution is 0.0599. The Morgan fingerprint density at radius 1 is 1.19 bits per heavy atom. The number of hydrogen-bond donors (Lipinski definition) is 1. The molecule has 3 heteroatoms. The lowest BCUT2D eigenvalue weighted by atomic mass is 9.81. The predicted octanol–water partition coefficient (Wildman–Crippen LogP) is 3.78. The predicted molar refractivity (Wildman–Crippen MR) is 85.2 cm³/mol. The third-order valence-electron chi connectivity index (χ3n) is 4.71. The van der Waals surface area contributed by atoms with Gasteiger partial charge in [0.25, 0.3) is 0 Å². The van der Waals surface area contributed by atoms with E-state index in [4.69, 9.17) is 4.74 Å². The van der Waals surface area contributed by atoms with Gasteiger partial charge in [-0.3, -0.25) is 0 Å². The highest BCUT2D eigenvalue weighted by atomic mass is 16.5. The Hall–Kier alpha value is -1.35. The second-order valence-corrected chi connectivity index (χ2v) is 6.07. The Labute approximate surface area is 128 Å². The molecule has 0 spiro atoms. The monoisotopic (exact) mass is 289 g/mol. The molecule has 1 N–H and O–H groups in total. The van der Waals surface area contributed by atoms with E-state index in [0.29, 0.717) is 5.56 Å². The van der Waals surface area contributed by atoms with Gasteiger partial charge in [0.2, 0.25) is 0 Å². The average molecular weight is 289 g/mol. The van der Waals surface area contributed by atoms with E-state index >= 15 is 0 Å². The number of hydrogen-bond acceptors (Lipinski definition) is 3. The molecule has 0 heterocycles. The van der Waals surface area contributed by atoms with E-state index in [-0.39, 0.29) is 5.97 Å². The molecule has 2 rings (SSSR count). The summed E-state index contributed by atoms with van der Waals surface area (Å²) >= 11 is 0. The fraction of sp³-hybridized carbons (Fsp3) is 0.611. The second-order valence-electron chi connectivity index (χ2n) is 6.07. The Morgan fingerprint density at radius 2 is 1.86 bits per heavy atom. The van der Waals surface area contributed by atoms with E-state index in [2.05, 4.69) is 12.2 Å². The standard InChI is InChI=1S/C18H27NO2/c1-3-14-8-10-15(11-9-14)12-19-13-16-6-4-5-7-17(16)18(20)21-2/h4-7,14-15,19H,3,8-13H2,1-2H3. The Bertz CT molecular complexity index is 450. The van der Waals surface area contributed by atoms with Crippen molar-refractivity contribution in [2.24, 2.45) is 11.8 Å². The molecule has 0 radical (unpaired) electrons. The summed E-state index contributed by atoms with van der Waals surface area (Å²) in [5.74, 6) is 1.48. The van der Waals surface area contributed by atoms with Gasteiger partial charge in [-0.25, -0.2) is 4.79 Å². The van der Waals surface area contributed by atoms with Crippen LogP contribution in [-0.2, 0) is 11.3 Å². The van der Waals surface area contributed by atoms with Crippen molar-refractivity contribution in [3.63, 3.8) is 0 Å². The quantitative estimate of drug-likeness (QED) is 0.810. The van der Waals surface area contributed by atoms with Crippen LogP contribution in [0.4, 0.5) is 0 Å². The van der Waals surface area contributed by atoms with Crippen molar-refractivity contribution >= 4 is 5.97 Å². The maximum Gasteiger partial charge on any atom is 0.338 e. The van der Waals surface area contributed by atoms with Crippen molar-refractivity contribution in [2.75, 3.05) is 13.7 Å². The molecular formula is C18H27NO2. The van der Waals surface area contributed by atoms with Gasteiger partial charge in [0.1, 0.15) is 0 Å². The summed E-state index contributed by atoms with van der Waals surface area (Å²) in [4.78, 5) is 11.7. The number of methoxy groups -OCH3 is 1. The molecule has 3 nitrogen and oxygen atoms in total. The minimum Gasteiger partial charge on any atom is -0.465 e. The van der Waals surface area contributed by atoms with Crippen LogP contribution in [-0.4, -0.2) is 19.6 Å². The van der Waals surface area contributed by atoms with E-state index in [1.165, 1.54) is 39.2 Å². The zero-order chi connectivity index (χ0) is 15.1. The molecule has 0 atom stereocenters. The van der Waals surface area contributed by atoms with E-state index in [1.54, 1.807) is 0 Å². The van der Waals surface area contributed by atoms with Gasteiger partial charge in [0.05, 0.1) is 12.7 Å². The third kappa shape index (κ3) is 4.57. The minimum absolute atomic E-state index is 0.254. The van der Waals surface area contributed by atoms with Gasteiger partial charge in [-0.2, -0.15) is 0 Å². The van der Waals surface area contributed by atoms with Crippen molar-refractivity contribution in [2.45, 2.75) is 45.6 Å². The van der Waals surface area contributed by atoms with Crippen LogP contribution in [0.1, 0.15) is 54.9 Å². The smallest absolute Gasteiger partial charge is 0.338 e. The highest BCUT2D eigenvalue weighted by Crippen LogP contribution is 2.30. The second kappa shape index (κ2) is 8.18. The van der Waals surface area contributed by atoms with Crippen LogP contribution in [0.15, 0.2) is 24.3 Å². The molecule has 0 saturated heterocycles. The maximum atomic E-state index is 11.7. The SMILES string of the molecule is CCC1CCC(CNCc2ccccc2C(=O)OC)CC1. The summed E-state index contributed by atoms with van der Waals surface area (Å²) in [5.41, 5.74) is 1.69. The summed E-state index contributed by atoms with van der Waals surface area (Å²) in [6.07, 6.45) is 6.75. The van der Waals surface area contributed by atoms with Gasteiger partial charge in [-0.15, -0.1) is 0 Å². The fourth-order valence-corrected chi connectivity index (χ4v) is 3.24. The topological polar surface area (TPSA) is 38.3 Å². The first-order valence-corrected chi connectivity index (χ1v) is 8.11. The van der Waals surface area contributed by atoms with Gasteiger partial charge >= 0.3 is 5.97 Å². The summed E-state index contributed by atoms with van der Waals surface area (Å²) in [5, 5.41) is 3.52. The zero-order valence-corrected chi connectivity index (χ0v) is 13.2. The van der Waals surface area contributed by atoms with E-state index in [9.17, 15) is 4.79 Å². The van der Waals surface area contributed by atoms with Crippen LogP contribution < -0.4 is 5.32 Å². The molecule has 21 heavy (non-hydrogen) atoms. The van der Waals surface area contributed by atoms with Crippen molar-refractivity contribution < 1.29 is 9.53 Å². The van der Waals surface area contributed by atoms with Gasteiger partial charge in [-0.05, 0) is 42.9 Å². The first-order valence-electron chi connectivity index (χ1n) is 8.11. The third-order valence-corrected chi connectivity index (χ3v) is 4.71. The Balaban J connectivity index is 1.80. The van der Waals surface area contributed by atoms with Crippen molar-refractivity contribution in [1.82, 2.24) is 5.32 Å². The normalized spacial score (nSPS) is 22.0. The van der Waals surface area contributed by atoms with E-state index in [1.807, 2.05) is 24.3 Å². The number of carbonyl (C=O) groups is 1. The van der Waals surface area contributed by atoms with Crippen LogP contribution >= 0.6 is 0 Å². The molecule has 0 amide bonds. The van der Waals surface area contributed by atoms with Crippen LogP contribution in [0.25, 0.3) is 0 Å². The van der Waals surface area contributed by atoms with Crippen LogP contribution in [0, 0.1) is 11.8 Å². The van der Waals surface area contributed by atoms with Gasteiger partial charge in [-0.1, -0.05) is 44.4 Å². The lowest BCUT2D eigenvalue weighted by Crippen LogP contribution is -2.26. The molecule has 116 valence electrons. The number of nitrogens with one attached hydrogen (secondary N) is 1. The average Bonchev–Trinajstić information content (AvgIpc) is 2.55. The van der Waals surface area contributed by atoms with Crippen LogP contribution in [0.5, 0.6) is 0 Å². The highest BCUT2D eigenvalue weighted by Gasteiger charge is 2.19. The summed E-state index contributed by atoms with van der Waals surface area (Å²) < 4.78 is 4.83. The maximum absolute atomic E-state index is 11.7. The summed E-state index contributed by atoms with van der Waals surface area (Å²) in [6.45, 7) is 4.08. The summed E-state index contributed by atoms with van der Waals surface area (Å²) in [7, 11) is 1.43. The van der Waals surface area contributed by atoms with Crippen LogP contribution in [0.2, 0.25) is 0 Å². The zero-order valence-electron chi connectivity index (χ0n) is 13.2. The highest BCUT2D eigenvalue weighted by molar-refractivity contribution is 5.90. The first kappa shape index (κ1) is 16.0. The van der Waals surface area contributed by atoms with Crippen LogP contribution in [0.3, 0.4) is 0 Å². The molecule has 1 saturated carbocycles. The first-order chi connectivity index (χ1) is 10.2. The Morgan fingerprint density at radius 3 is 2.52 bits per heavy atom. The summed E-state index contributed by atoms with van der Waals surface area (Å²) in [6, 6.07) is 7.67. The van der Waals surface area contributed by atoms with E-state index < -0.39 is 0 Å². The van der Waals surface area contributed by atoms with E-state index in [0.717, 1.165) is 30.5 Å². The molecule has 1 aromatic carbocycles. The molecule has 0 aliphatic heterocycles. The fourth-order valence-electron chi connectivity index (χ4n) is 3.24. The largest absolute Gasteiger partial charge is 0.465 e. The van der Waals surface area contributed by atoms with Crippen molar-refractivity contribution in [1.29, 1.82) is 0 Å². The number of benzene rings is 1. The number of ether oxygens (including phenoxy) is 1. The van der Waals surface area contributed by atoms with Gasteiger partial charge in [0.15, 0.2) is 0 Å². The molecule has 1 aliphatic rings. The molecule has 1 aliphatic carbocycles. The number of carbonyl (C=O) groups excluding carboxylic acids is 1. The van der Waals surface area contributed by atoms with Crippen molar-refractivity contribution in [3.8, 4) is 0 Å². The molecule has 0 bridgehead atoms. The molecule has 1 aromatic rings. The van der Waals surface area contributed by atoms with Gasteiger partial charge in [0, 0.05) is 6.54 Å².